The first-order chi connectivity index (χ1) is 27.9. The topological polar surface area (TPSA) is 215 Å². The van der Waals surface area contributed by atoms with E-state index in [1.165, 1.54) is 0 Å². The van der Waals surface area contributed by atoms with E-state index in [2.05, 4.69) is 31.0 Å². The lowest BCUT2D eigenvalue weighted by Crippen LogP contribution is -2.39. The fourth-order valence-electron chi connectivity index (χ4n) is 5.66. The van der Waals surface area contributed by atoms with Crippen LogP contribution in [0.3, 0.4) is 0 Å². The maximum absolute atomic E-state index is 12.5. The van der Waals surface area contributed by atoms with Gasteiger partial charge in [-0.2, -0.15) is 0 Å². The summed E-state index contributed by atoms with van der Waals surface area (Å²) in [6.07, 6.45) is 2.50. The minimum absolute atomic E-state index is 0.127. The van der Waals surface area contributed by atoms with Crippen LogP contribution < -0.4 is 20.7 Å². The summed E-state index contributed by atoms with van der Waals surface area (Å²) in [6, 6.07) is 22.8. The summed E-state index contributed by atoms with van der Waals surface area (Å²) in [7, 11) is 0. The van der Waals surface area contributed by atoms with Crippen molar-refractivity contribution in [2.75, 3.05) is 91.0 Å². The molecule has 304 valence electrons. The number of carboxylic acids is 1. The lowest BCUT2D eigenvalue weighted by Gasteiger charge is -2.16. The molecule has 2 amide bonds. The first kappa shape index (κ1) is 44.0. The van der Waals surface area contributed by atoms with E-state index in [1.807, 2.05) is 67.6 Å². The number of rotatable bonds is 28. The van der Waals surface area contributed by atoms with Crippen LogP contribution in [-0.2, 0) is 33.3 Å². The number of hydrogen-bond donors (Lipinski definition) is 4. The van der Waals surface area contributed by atoms with Crippen molar-refractivity contribution in [1.82, 2.24) is 15.6 Å². The molecule has 0 aliphatic rings. The molecule has 0 bridgehead atoms. The standard InChI is InChI=1S/C41H51N7O9/c1-30-14-16-44-38(27-30)43-15-4-7-39(49)46-29-40(50)45-28-36(41(51)52)32-10-8-31(9-11-32)33-12-13-37(35-6-3-2-5-34(33)35)57-26-25-56-24-23-55-22-21-54-20-19-53-18-17-47-48-42/h2-3,5-6,8-14,16,27,36H,4,7,15,17-26,28-29H2,1H3,(H,43,44)(H,45,50)(H,46,49)(H,51,52)/t36-/m1/s1. The SMILES string of the molecule is Cc1ccnc(NCCCC(=O)NCC(=O)NC[C@@H](C(=O)O)c2ccc(-c3ccc(OCCOCCOCCOCCOCCN=[N+]=[N-])c4ccccc34)cc2)c1. The zero-order chi connectivity index (χ0) is 40.5. The number of aromatic nitrogens is 1. The predicted octanol–water partition coefficient (Wildman–Crippen LogP) is 5.26. The Kier molecular flexibility index (Phi) is 19.6. The molecule has 57 heavy (non-hydrogen) atoms. The Morgan fingerprint density at radius 1 is 0.807 bits per heavy atom. The van der Waals surface area contributed by atoms with Crippen molar-refractivity contribution in [3.05, 3.63) is 101 Å². The van der Waals surface area contributed by atoms with Gasteiger partial charge >= 0.3 is 5.97 Å². The van der Waals surface area contributed by atoms with Crippen molar-refractivity contribution in [2.24, 2.45) is 5.11 Å². The second-order valence-corrected chi connectivity index (χ2v) is 12.8. The van der Waals surface area contributed by atoms with Crippen LogP contribution in [0.25, 0.3) is 32.3 Å². The van der Waals surface area contributed by atoms with Crippen LogP contribution in [-0.4, -0.2) is 114 Å². The van der Waals surface area contributed by atoms with Crippen molar-refractivity contribution in [3.8, 4) is 16.9 Å². The highest BCUT2D eigenvalue weighted by molar-refractivity contribution is 6.00. The quantitative estimate of drug-likeness (QED) is 0.0252. The number of azide groups is 1. The first-order valence-corrected chi connectivity index (χ1v) is 18.8. The molecule has 0 radical (unpaired) electrons. The predicted molar refractivity (Wildman–Crippen MR) is 215 cm³/mol. The van der Waals surface area contributed by atoms with E-state index >= 15 is 0 Å². The molecule has 4 N–H and O–H groups in total. The van der Waals surface area contributed by atoms with Gasteiger partial charge in [-0.25, -0.2) is 4.98 Å². The first-order valence-electron chi connectivity index (χ1n) is 18.8. The molecule has 4 rings (SSSR count). The van der Waals surface area contributed by atoms with Gasteiger partial charge in [-0.3, -0.25) is 14.4 Å². The van der Waals surface area contributed by atoms with E-state index in [-0.39, 0.29) is 25.4 Å². The van der Waals surface area contributed by atoms with Gasteiger partial charge in [0.05, 0.1) is 65.3 Å². The maximum Gasteiger partial charge on any atom is 0.312 e. The van der Waals surface area contributed by atoms with E-state index in [0.717, 1.165) is 39.0 Å². The fourth-order valence-corrected chi connectivity index (χ4v) is 5.66. The Labute approximate surface area is 331 Å². The molecule has 0 saturated carbocycles. The molecule has 1 atom stereocenters. The number of hydrogen-bond acceptors (Lipinski definition) is 11. The average molecular weight is 786 g/mol. The second kappa shape index (κ2) is 25.4. The number of ether oxygens (including phenoxy) is 5. The van der Waals surface area contributed by atoms with Crippen molar-refractivity contribution in [3.63, 3.8) is 0 Å². The van der Waals surface area contributed by atoms with E-state index < -0.39 is 17.8 Å². The molecule has 3 aromatic carbocycles. The number of aryl methyl sites for hydroxylation is 1. The highest BCUT2D eigenvalue weighted by Crippen LogP contribution is 2.35. The fraction of sp³-hybridized carbons (Fsp3) is 0.415. The number of nitrogens with one attached hydrogen (secondary N) is 3. The monoisotopic (exact) mass is 785 g/mol. The van der Waals surface area contributed by atoms with Gasteiger partial charge < -0.3 is 44.7 Å². The van der Waals surface area contributed by atoms with Gasteiger partial charge in [0.25, 0.3) is 0 Å². The molecule has 4 aromatic rings. The van der Waals surface area contributed by atoms with Crippen LogP contribution in [0.15, 0.2) is 84.1 Å². The lowest BCUT2D eigenvalue weighted by atomic mass is 9.93. The molecule has 0 aliphatic carbocycles. The Balaban J connectivity index is 1.16. The molecule has 0 unspecified atom stereocenters. The number of carbonyl (C=O) groups excluding carboxylic acids is 2. The van der Waals surface area contributed by atoms with Crippen molar-refractivity contribution in [2.45, 2.75) is 25.7 Å². The number of amides is 2. The molecule has 0 spiro atoms. The highest BCUT2D eigenvalue weighted by Gasteiger charge is 2.21. The highest BCUT2D eigenvalue weighted by atomic mass is 16.6. The number of aliphatic carboxylic acids is 1. The number of carboxylic acid groups (broad SMARTS) is 1. The number of carbonyl (C=O) groups is 3. The van der Waals surface area contributed by atoms with Crippen molar-refractivity contribution < 1.29 is 43.2 Å². The molecule has 16 nitrogen and oxygen atoms in total. The number of pyridine rings is 1. The van der Waals surface area contributed by atoms with Gasteiger partial charge in [-0.15, -0.1) is 0 Å². The van der Waals surface area contributed by atoms with Crippen LogP contribution in [0.4, 0.5) is 5.82 Å². The molecule has 0 saturated heterocycles. The smallest absolute Gasteiger partial charge is 0.312 e. The summed E-state index contributed by atoms with van der Waals surface area (Å²) < 4.78 is 27.9. The minimum Gasteiger partial charge on any atom is -0.491 e. The minimum atomic E-state index is -1.07. The number of benzene rings is 3. The van der Waals surface area contributed by atoms with Gasteiger partial charge in [0.2, 0.25) is 11.8 Å². The zero-order valence-electron chi connectivity index (χ0n) is 32.2. The third-order valence-electron chi connectivity index (χ3n) is 8.56. The van der Waals surface area contributed by atoms with E-state index in [1.54, 1.807) is 18.3 Å². The number of fused-ring (bicyclic) bond motifs is 1. The molecule has 16 heteroatoms. The molecule has 1 aromatic heterocycles. The van der Waals surface area contributed by atoms with E-state index in [4.69, 9.17) is 29.2 Å². The maximum atomic E-state index is 12.5. The Morgan fingerprint density at radius 2 is 1.47 bits per heavy atom. The normalized spacial score (nSPS) is 11.4. The second-order valence-electron chi connectivity index (χ2n) is 12.8. The van der Waals surface area contributed by atoms with Gasteiger partial charge in [-0.1, -0.05) is 59.7 Å². The average Bonchev–Trinajstić information content (AvgIpc) is 3.21. The summed E-state index contributed by atoms with van der Waals surface area (Å²) in [5.41, 5.74) is 11.7. The van der Waals surface area contributed by atoms with Crippen LogP contribution in [0.1, 0.15) is 29.9 Å². The van der Waals surface area contributed by atoms with Crippen LogP contribution >= 0.6 is 0 Å². The number of anilines is 1. The van der Waals surface area contributed by atoms with E-state index in [9.17, 15) is 19.5 Å². The summed E-state index contributed by atoms with van der Waals surface area (Å²) in [5.74, 6) is -1.33. The zero-order valence-corrected chi connectivity index (χ0v) is 32.2. The Bertz CT molecular complexity index is 1910. The van der Waals surface area contributed by atoms with Crippen LogP contribution in [0.5, 0.6) is 5.75 Å². The van der Waals surface area contributed by atoms with Gasteiger partial charge in [0.1, 0.15) is 18.2 Å². The van der Waals surface area contributed by atoms with Gasteiger partial charge in [0, 0.05) is 42.5 Å². The third-order valence-corrected chi connectivity index (χ3v) is 8.56. The Morgan fingerprint density at radius 3 is 2.14 bits per heavy atom. The summed E-state index contributed by atoms with van der Waals surface area (Å²) in [4.78, 5) is 43.8. The molecular formula is C41H51N7O9. The molecular weight excluding hydrogens is 734 g/mol. The summed E-state index contributed by atoms with van der Waals surface area (Å²) >= 11 is 0. The Hall–Kier alpha value is -5.77. The molecule has 0 aliphatic heterocycles. The van der Waals surface area contributed by atoms with Crippen LogP contribution in [0.2, 0.25) is 0 Å². The van der Waals surface area contributed by atoms with Crippen molar-refractivity contribution >= 4 is 34.4 Å². The summed E-state index contributed by atoms with van der Waals surface area (Å²) in [6.45, 7) is 6.15. The lowest BCUT2D eigenvalue weighted by molar-refractivity contribution is -0.138. The van der Waals surface area contributed by atoms with Gasteiger partial charge in [0.15, 0.2) is 0 Å². The number of nitrogens with zero attached hydrogens (tertiary/aromatic N) is 4. The largest absolute Gasteiger partial charge is 0.491 e. The van der Waals surface area contributed by atoms with Crippen molar-refractivity contribution in [1.29, 1.82) is 0 Å². The van der Waals surface area contributed by atoms with Crippen LogP contribution in [0, 0.1) is 6.92 Å². The molecule has 1 heterocycles. The van der Waals surface area contributed by atoms with Gasteiger partial charge in [-0.05, 0) is 64.7 Å². The molecule has 0 fully saturated rings. The van der Waals surface area contributed by atoms with E-state index in [0.29, 0.717) is 84.5 Å². The summed E-state index contributed by atoms with van der Waals surface area (Å²) in [5, 5.41) is 23.6. The third kappa shape index (κ3) is 16.1.